The van der Waals surface area contributed by atoms with E-state index in [9.17, 15) is 14.7 Å². The fourth-order valence-corrected chi connectivity index (χ4v) is 2.00. The van der Waals surface area contributed by atoms with E-state index in [2.05, 4.69) is 27.1 Å². The van der Waals surface area contributed by atoms with Gasteiger partial charge in [-0.1, -0.05) is 5.92 Å². The number of aromatic nitrogens is 2. The molecule has 1 aromatic heterocycles. The smallest absolute Gasteiger partial charge is 0.251 e. The minimum absolute atomic E-state index is 0.307. The highest BCUT2D eigenvalue weighted by Crippen LogP contribution is 2.05. The maximum absolute atomic E-state index is 12.2. The summed E-state index contributed by atoms with van der Waals surface area (Å²) in [5, 5.41) is 20.9. The monoisotopic (exact) mass is 339 g/mol. The maximum Gasteiger partial charge on any atom is 0.251 e. The van der Waals surface area contributed by atoms with Gasteiger partial charge in [0.1, 0.15) is 18.3 Å². The summed E-state index contributed by atoms with van der Waals surface area (Å²) in [6, 6.07) is 5.26. The van der Waals surface area contributed by atoms with Crippen molar-refractivity contribution in [1.82, 2.24) is 15.3 Å². The molecule has 2 atom stereocenters. The Morgan fingerprint density at radius 1 is 1.20 bits per heavy atom. The SMILES string of the molecule is C[C@@H](O)[C@H](NC(=O)c1ccc(C#Cc2cnccn2)cc1)C(=O)CO. The van der Waals surface area contributed by atoms with Crippen molar-refractivity contribution < 1.29 is 19.8 Å². The second kappa shape index (κ2) is 8.68. The van der Waals surface area contributed by atoms with Crippen LogP contribution in [0, 0.1) is 11.8 Å². The summed E-state index contributed by atoms with van der Waals surface area (Å²) in [5.74, 6) is 4.57. The summed E-state index contributed by atoms with van der Waals surface area (Å²) in [6.45, 7) is 0.608. The highest BCUT2D eigenvalue weighted by Gasteiger charge is 2.25. The van der Waals surface area contributed by atoms with Crippen molar-refractivity contribution >= 4 is 11.7 Å². The zero-order valence-corrected chi connectivity index (χ0v) is 13.5. The van der Waals surface area contributed by atoms with Crippen LogP contribution in [0.15, 0.2) is 42.9 Å². The molecular weight excluding hydrogens is 322 g/mol. The number of aliphatic hydroxyl groups is 2. The Balaban J connectivity index is 2.07. The van der Waals surface area contributed by atoms with E-state index in [1.54, 1.807) is 42.9 Å². The average Bonchev–Trinajstić information content (AvgIpc) is 2.64. The van der Waals surface area contributed by atoms with Gasteiger partial charge >= 0.3 is 0 Å². The van der Waals surface area contributed by atoms with Gasteiger partial charge in [0.2, 0.25) is 0 Å². The normalized spacial score (nSPS) is 12.4. The summed E-state index contributed by atoms with van der Waals surface area (Å²) >= 11 is 0. The van der Waals surface area contributed by atoms with Crippen LogP contribution in [0.1, 0.15) is 28.5 Å². The number of aliphatic hydroxyl groups excluding tert-OH is 2. The van der Waals surface area contributed by atoms with Crippen molar-refractivity contribution in [3.8, 4) is 11.8 Å². The van der Waals surface area contributed by atoms with Crippen LogP contribution in [0.2, 0.25) is 0 Å². The van der Waals surface area contributed by atoms with Gasteiger partial charge < -0.3 is 15.5 Å². The van der Waals surface area contributed by atoms with Crippen molar-refractivity contribution in [1.29, 1.82) is 0 Å². The number of rotatable bonds is 5. The number of carbonyl (C=O) groups is 2. The van der Waals surface area contributed by atoms with Gasteiger partial charge in [0.25, 0.3) is 5.91 Å². The lowest BCUT2D eigenvalue weighted by molar-refractivity contribution is -0.125. The fourth-order valence-electron chi connectivity index (χ4n) is 2.00. The van der Waals surface area contributed by atoms with Crippen LogP contribution in [-0.2, 0) is 4.79 Å². The van der Waals surface area contributed by atoms with Crippen molar-refractivity contribution in [3.63, 3.8) is 0 Å². The molecule has 25 heavy (non-hydrogen) atoms. The van der Waals surface area contributed by atoms with Crippen molar-refractivity contribution in [2.45, 2.75) is 19.1 Å². The first-order chi connectivity index (χ1) is 12.0. The molecule has 128 valence electrons. The number of nitrogens with zero attached hydrogens (tertiary/aromatic N) is 2. The van der Waals surface area contributed by atoms with Gasteiger partial charge in [-0.2, -0.15) is 0 Å². The standard InChI is InChI=1S/C18H17N3O4/c1-12(23)17(16(24)11-22)21-18(25)14-5-2-13(3-6-14)4-7-15-10-19-8-9-20-15/h2-3,5-6,8-10,12,17,22-23H,11H2,1H3,(H,21,25)/t12-,17+/m1/s1. The largest absolute Gasteiger partial charge is 0.391 e. The Morgan fingerprint density at radius 2 is 1.92 bits per heavy atom. The minimum Gasteiger partial charge on any atom is -0.391 e. The molecule has 0 saturated heterocycles. The molecule has 7 heteroatoms. The number of nitrogens with one attached hydrogen (secondary N) is 1. The molecule has 0 aliphatic heterocycles. The van der Waals surface area contributed by atoms with Gasteiger partial charge in [0.15, 0.2) is 5.78 Å². The third-order valence-corrected chi connectivity index (χ3v) is 3.32. The summed E-state index contributed by atoms with van der Waals surface area (Å²) in [5.41, 5.74) is 1.52. The van der Waals surface area contributed by atoms with Crippen LogP contribution in [0.25, 0.3) is 0 Å². The number of hydrogen-bond acceptors (Lipinski definition) is 6. The number of Topliss-reactive ketones (excluding diaryl/α,β-unsaturated/α-hetero) is 1. The second-order valence-corrected chi connectivity index (χ2v) is 5.23. The first-order valence-corrected chi connectivity index (χ1v) is 7.52. The van der Waals surface area contributed by atoms with Gasteiger partial charge in [-0.15, -0.1) is 0 Å². The van der Waals surface area contributed by atoms with E-state index in [0.29, 0.717) is 16.8 Å². The number of benzene rings is 1. The van der Waals surface area contributed by atoms with E-state index >= 15 is 0 Å². The Morgan fingerprint density at radius 3 is 2.48 bits per heavy atom. The molecule has 0 unspecified atom stereocenters. The Bertz CT molecular complexity index is 793. The molecule has 0 radical (unpaired) electrons. The third-order valence-electron chi connectivity index (χ3n) is 3.32. The van der Waals surface area contributed by atoms with Crippen LogP contribution in [0.3, 0.4) is 0 Å². The highest BCUT2D eigenvalue weighted by molar-refractivity contribution is 5.98. The van der Waals surface area contributed by atoms with E-state index in [1.165, 1.54) is 6.92 Å². The average molecular weight is 339 g/mol. The van der Waals surface area contributed by atoms with Gasteiger partial charge in [0.05, 0.1) is 12.3 Å². The molecule has 3 N–H and O–H groups in total. The zero-order chi connectivity index (χ0) is 18.2. The van der Waals surface area contributed by atoms with Crippen LogP contribution >= 0.6 is 0 Å². The first-order valence-electron chi connectivity index (χ1n) is 7.52. The summed E-state index contributed by atoms with van der Waals surface area (Å²) in [4.78, 5) is 31.7. The van der Waals surface area contributed by atoms with E-state index in [0.717, 1.165) is 0 Å². The van der Waals surface area contributed by atoms with Crippen molar-refractivity contribution in [3.05, 3.63) is 59.7 Å². The quantitative estimate of drug-likeness (QED) is 0.657. The summed E-state index contributed by atoms with van der Waals surface area (Å²) in [7, 11) is 0. The molecule has 0 saturated carbocycles. The fraction of sp³-hybridized carbons (Fsp3) is 0.222. The van der Waals surface area contributed by atoms with Gasteiger partial charge in [-0.3, -0.25) is 14.6 Å². The Kier molecular flexibility index (Phi) is 6.34. The summed E-state index contributed by atoms with van der Waals surface area (Å²) in [6.07, 6.45) is 3.54. The molecule has 2 rings (SSSR count). The number of ketones is 1. The van der Waals surface area contributed by atoms with Gasteiger partial charge in [-0.25, -0.2) is 4.98 Å². The molecule has 0 spiro atoms. The molecule has 1 amide bonds. The Labute approximate surface area is 144 Å². The molecule has 0 bridgehead atoms. The number of amides is 1. The molecule has 7 nitrogen and oxygen atoms in total. The molecule has 1 heterocycles. The Hall–Kier alpha value is -3.08. The molecule has 0 aliphatic carbocycles. The number of hydrogen-bond donors (Lipinski definition) is 3. The predicted molar refractivity (Wildman–Crippen MR) is 89.5 cm³/mol. The molecule has 2 aromatic rings. The summed E-state index contributed by atoms with van der Waals surface area (Å²) < 4.78 is 0. The lowest BCUT2D eigenvalue weighted by Gasteiger charge is -2.19. The first kappa shape index (κ1) is 18.3. The zero-order valence-electron chi connectivity index (χ0n) is 13.5. The van der Waals surface area contributed by atoms with Crippen molar-refractivity contribution in [2.24, 2.45) is 0 Å². The minimum atomic E-state index is -1.16. The third kappa shape index (κ3) is 5.21. The molecule has 1 aromatic carbocycles. The van der Waals surface area contributed by atoms with Crippen LogP contribution in [-0.4, -0.2) is 50.6 Å². The van der Waals surface area contributed by atoms with E-state index < -0.39 is 30.4 Å². The van der Waals surface area contributed by atoms with E-state index in [4.69, 9.17) is 5.11 Å². The second-order valence-electron chi connectivity index (χ2n) is 5.23. The van der Waals surface area contributed by atoms with Crippen LogP contribution in [0.5, 0.6) is 0 Å². The lowest BCUT2D eigenvalue weighted by atomic mass is 10.1. The molecule has 0 fully saturated rings. The van der Waals surface area contributed by atoms with Gasteiger partial charge in [0, 0.05) is 23.5 Å². The van der Waals surface area contributed by atoms with Crippen LogP contribution < -0.4 is 5.32 Å². The molecular formula is C18H17N3O4. The van der Waals surface area contributed by atoms with Crippen LogP contribution in [0.4, 0.5) is 0 Å². The van der Waals surface area contributed by atoms with Crippen molar-refractivity contribution in [2.75, 3.05) is 6.61 Å². The predicted octanol–water partition coefficient (Wildman–Crippen LogP) is -0.0830. The van der Waals surface area contributed by atoms with Gasteiger partial charge in [-0.05, 0) is 37.1 Å². The maximum atomic E-state index is 12.2. The number of carbonyl (C=O) groups excluding carboxylic acids is 2. The highest BCUT2D eigenvalue weighted by atomic mass is 16.3. The van der Waals surface area contributed by atoms with E-state index in [-0.39, 0.29) is 0 Å². The topological polar surface area (TPSA) is 112 Å². The lowest BCUT2D eigenvalue weighted by Crippen LogP contribution is -2.48. The van der Waals surface area contributed by atoms with E-state index in [1.807, 2.05) is 0 Å². The molecule has 0 aliphatic rings.